The Bertz CT molecular complexity index is 504. The minimum atomic E-state index is 0.802. The van der Waals surface area contributed by atoms with Crippen molar-refractivity contribution in [2.45, 2.75) is 33.7 Å². The summed E-state index contributed by atoms with van der Waals surface area (Å²) in [4.78, 5) is 5.67. The normalized spacial score (nSPS) is 11.5. The maximum Gasteiger partial charge on any atom is 0.194 e. The zero-order chi connectivity index (χ0) is 13.0. The summed E-state index contributed by atoms with van der Waals surface area (Å²) >= 11 is 1.70. The quantitative estimate of drug-likeness (QED) is 0.783. The Morgan fingerprint density at radius 3 is 3.06 bits per heavy atom. The molecule has 0 spiro atoms. The summed E-state index contributed by atoms with van der Waals surface area (Å²) in [7, 11) is 0. The number of nitrogens with zero attached hydrogens (tertiary/aromatic N) is 2. The Kier molecular flexibility index (Phi) is 4.74. The Morgan fingerprint density at radius 1 is 1.44 bits per heavy atom. The van der Waals surface area contributed by atoms with Gasteiger partial charge < -0.3 is 10.1 Å². The van der Waals surface area contributed by atoms with Crippen LogP contribution >= 0.6 is 11.3 Å². The summed E-state index contributed by atoms with van der Waals surface area (Å²) in [5, 5.41) is 5.61. The number of thiazole rings is 1. The highest BCUT2D eigenvalue weighted by Gasteiger charge is 2.11. The highest BCUT2D eigenvalue weighted by atomic mass is 32.1. The van der Waals surface area contributed by atoms with E-state index >= 15 is 0 Å². The Morgan fingerprint density at radius 2 is 2.28 bits per heavy atom. The molecule has 0 saturated heterocycles. The van der Waals surface area contributed by atoms with Gasteiger partial charge in [-0.3, -0.25) is 4.40 Å². The molecule has 100 valence electrons. The van der Waals surface area contributed by atoms with Crippen molar-refractivity contribution in [1.29, 1.82) is 0 Å². The predicted octanol–water partition coefficient (Wildman–Crippen LogP) is 2.53. The molecule has 2 aromatic heterocycles. The molecule has 2 rings (SSSR count). The van der Waals surface area contributed by atoms with E-state index in [0.29, 0.717) is 0 Å². The van der Waals surface area contributed by atoms with Crippen molar-refractivity contribution in [3.63, 3.8) is 0 Å². The van der Waals surface area contributed by atoms with E-state index in [2.05, 4.69) is 33.9 Å². The van der Waals surface area contributed by atoms with E-state index in [0.717, 1.165) is 43.4 Å². The van der Waals surface area contributed by atoms with Gasteiger partial charge in [0.05, 0.1) is 11.4 Å². The smallest absolute Gasteiger partial charge is 0.194 e. The molecule has 0 bridgehead atoms. The molecule has 0 aliphatic heterocycles. The van der Waals surface area contributed by atoms with Gasteiger partial charge in [0.25, 0.3) is 0 Å². The molecule has 5 heteroatoms. The lowest BCUT2D eigenvalue weighted by molar-refractivity contribution is 0.144. The first-order chi connectivity index (χ1) is 8.74. The van der Waals surface area contributed by atoms with Gasteiger partial charge in [0.1, 0.15) is 0 Å². The van der Waals surface area contributed by atoms with Gasteiger partial charge in [-0.15, -0.1) is 11.3 Å². The Labute approximate surface area is 112 Å². The predicted molar refractivity (Wildman–Crippen MR) is 75.4 cm³/mol. The number of rotatable bonds is 7. The Balaban J connectivity index is 1.91. The zero-order valence-electron chi connectivity index (χ0n) is 11.3. The average molecular weight is 267 g/mol. The monoisotopic (exact) mass is 267 g/mol. The number of nitrogens with one attached hydrogen (secondary N) is 1. The standard InChI is InChI=1S/C13H21N3OS/c1-4-17-7-5-6-14-8-12-11(3)15-13-16(12)10(2)9-18-13/h9,14H,4-8H2,1-3H3. The average Bonchev–Trinajstić information content (AvgIpc) is 2.85. The first-order valence-electron chi connectivity index (χ1n) is 6.44. The maximum atomic E-state index is 5.32. The van der Waals surface area contributed by atoms with Gasteiger partial charge in [-0.1, -0.05) is 0 Å². The molecule has 1 N–H and O–H groups in total. The highest BCUT2D eigenvalue weighted by molar-refractivity contribution is 7.15. The fourth-order valence-corrected chi connectivity index (χ4v) is 2.96. The van der Waals surface area contributed by atoms with Gasteiger partial charge in [0.2, 0.25) is 0 Å². The molecule has 18 heavy (non-hydrogen) atoms. The molecule has 0 unspecified atom stereocenters. The van der Waals surface area contributed by atoms with E-state index < -0.39 is 0 Å². The molecule has 0 saturated carbocycles. The van der Waals surface area contributed by atoms with Gasteiger partial charge in [-0.05, 0) is 33.7 Å². The van der Waals surface area contributed by atoms with Crippen molar-refractivity contribution in [3.05, 3.63) is 22.5 Å². The largest absolute Gasteiger partial charge is 0.382 e. The van der Waals surface area contributed by atoms with Crippen LogP contribution < -0.4 is 5.32 Å². The SMILES string of the molecule is CCOCCCNCc1c(C)nc2scc(C)n12. The van der Waals surface area contributed by atoms with E-state index in [1.807, 2.05) is 6.92 Å². The molecular formula is C13H21N3OS. The Hall–Kier alpha value is -0.910. The number of hydrogen-bond acceptors (Lipinski definition) is 4. The molecule has 0 amide bonds. The molecule has 4 nitrogen and oxygen atoms in total. The van der Waals surface area contributed by atoms with Crippen molar-refractivity contribution >= 4 is 16.3 Å². The summed E-state index contributed by atoms with van der Waals surface area (Å²) < 4.78 is 7.56. The first-order valence-corrected chi connectivity index (χ1v) is 7.32. The first kappa shape index (κ1) is 13.5. The van der Waals surface area contributed by atoms with E-state index in [9.17, 15) is 0 Å². The van der Waals surface area contributed by atoms with E-state index in [1.54, 1.807) is 11.3 Å². The van der Waals surface area contributed by atoms with Gasteiger partial charge in [0.15, 0.2) is 4.96 Å². The summed E-state index contributed by atoms with van der Waals surface area (Å²) in [6.45, 7) is 9.73. The number of aryl methyl sites for hydroxylation is 2. The van der Waals surface area contributed by atoms with Crippen LogP contribution in [0.5, 0.6) is 0 Å². The molecular weight excluding hydrogens is 246 g/mol. The van der Waals surface area contributed by atoms with Gasteiger partial charge in [-0.25, -0.2) is 4.98 Å². The van der Waals surface area contributed by atoms with Crippen LogP contribution in [0.15, 0.2) is 5.38 Å². The van der Waals surface area contributed by atoms with Crippen LogP contribution in [0.2, 0.25) is 0 Å². The number of ether oxygens (including phenoxy) is 1. The van der Waals surface area contributed by atoms with Crippen molar-refractivity contribution in [3.8, 4) is 0 Å². The molecule has 0 aliphatic rings. The second-order valence-electron chi connectivity index (χ2n) is 4.37. The molecule has 0 radical (unpaired) electrons. The van der Waals surface area contributed by atoms with Crippen LogP contribution in [0.3, 0.4) is 0 Å². The summed E-state index contributed by atoms with van der Waals surface area (Å²) in [6, 6.07) is 0. The van der Waals surface area contributed by atoms with E-state index in [-0.39, 0.29) is 0 Å². The van der Waals surface area contributed by atoms with Crippen molar-refractivity contribution in [2.75, 3.05) is 19.8 Å². The fourth-order valence-electron chi connectivity index (χ4n) is 2.03. The fraction of sp³-hybridized carbons (Fsp3) is 0.615. The third-order valence-corrected chi connectivity index (χ3v) is 3.91. The van der Waals surface area contributed by atoms with Crippen molar-refractivity contribution < 1.29 is 4.74 Å². The topological polar surface area (TPSA) is 38.6 Å². The molecule has 2 heterocycles. The third-order valence-electron chi connectivity index (χ3n) is 2.97. The lowest BCUT2D eigenvalue weighted by atomic mass is 10.3. The highest BCUT2D eigenvalue weighted by Crippen LogP contribution is 2.20. The van der Waals surface area contributed by atoms with E-state index in [4.69, 9.17) is 4.74 Å². The summed E-state index contributed by atoms with van der Waals surface area (Å²) in [5.41, 5.74) is 3.67. The molecule has 0 atom stereocenters. The van der Waals surface area contributed by atoms with Crippen LogP contribution in [0, 0.1) is 13.8 Å². The number of aromatic nitrogens is 2. The lowest BCUT2D eigenvalue weighted by Crippen LogP contribution is -2.18. The zero-order valence-corrected chi connectivity index (χ0v) is 12.1. The van der Waals surface area contributed by atoms with Crippen LogP contribution in [0.4, 0.5) is 0 Å². The molecule has 2 aromatic rings. The van der Waals surface area contributed by atoms with E-state index in [1.165, 1.54) is 11.4 Å². The van der Waals surface area contributed by atoms with Crippen LogP contribution in [-0.2, 0) is 11.3 Å². The van der Waals surface area contributed by atoms with Crippen molar-refractivity contribution in [1.82, 2.24) is 14.7 Å². The molecule has 0 aliphatic carbocycles. The van der Waals surface area contributed by atoms with Crippen molar-refractivity contribution in [2.24, 2.45) is 0 Å². The minimum Gasteiger partial charge on any atom is -0.382 e. The number of imidazole rings is 1. The van der Waals surface area contributed by atoms with Gasteiger partial charge in [-0.2, -0.15) is 0 Å². The summed E-state index contributed by atoms with van der Waals surface area (Å²) in [6.07, 6.45) is 1.05. The van der Waals surface area contributed by atoms with Crippen LogP contribution in [0.1, 0.15) is 30.4 Å². The van der Waals surface area contributed by atoms with Gasteiger partial charge in [0, 0.05) is 30.8 Å². The maximum absolute atomic E-state index is 5.32. The van der Waals surface area contributed by atoms with Crippen LogP contribution in [-0.4, -0.2) is 29.1 Å². The summed E-state index contributed by atoms with van der Waals surface area (Å²) in [5.74, 6) is 0. The molecule has 0 fully saturated rings. The lowest BCUT2D eigenvalue weighted by Gasteiger charge is -2.06. The third kappa shape index (κ3) is 2.91. The van der Waals surface area contributed by atoms with Crippen LogP contribution in [0.25, 0.3) is 4.96 Å². The number of hydrogen-bond donors (Lipinski definition) is 1. The number of fused-ring (bicyclic) bond motifs is 1. The second kappa shape index (κ2) is 6.31. The minimum absolute atomic E-state index is 0.802. The second-order valence-corrected chi connectivity index (χ2v) is 5.20. The van der Waals surface area contributed by atoms with Gasteiger partial charge >= 0.3 is 0 Å². The molecule has 0 aromatic carbocycles.